The van der Waals surface area contributed by atoms with Gasteiger partial charge in [0.05, 0.1) is 44.5 Å². The quantitative estimate of drug-likeness (QED) is 0.0908. The Labute approximate surface area is 868 Å². The lowest BCUT2D eigenvalue weighted by molar-refractivity contribution is 1.18. The van der Waals surface area contributed by atoms with E-state index in [1.807, 2.05) is 11.3 Å². The fourth-order valence-corrected chi connectivity index (χ4v) is 23.8. The minimum Gasteiger partial charge on any atom is -0.310 e. The number of rotatable bonds is 17. The average Bonchev–Trinajstić information content (AvgIpc) is 1.58. The molecule has 4 heterocycles. The lowest BCUT2D eigenvalue weighted by atomic mass is 9.98. The summed E-state index contributed by atoms with van der Waals surface area (Å²) >= 11 is 1.86. The molecule has 0 fully saturated rings. The van der Waals surface area contributed by atoms with Gasteiger partial charge in [0.25, 0.3) is 0 Å². The summed E-state index contributed by atoms with van der Waals surface area (Å²) in [6.07, 6.45) is 0. The molecule has 700 valence electrons. The van der Waals surface area contributed by atoms with Crippen molar-refractivity contribution in [1.29, 1.82) is 0 Å². The second-order valence-corrected chi connectivity index (χ2v) is 39.2. The predicted octanol–water partition coefficient (Wildman–Crippen LogP) is 40.1. The Morgan fingerprint density at radius 3 is 0.913 bits per heavy atom. The van der Waals surface area contributed by atoms with Crippen LogP contribution in [0.15, 0.2) is 582 Å². The minimum absolute atomic E-state index is 1.11. The number of anilines is 9. The Hall–Kier alpha value is -19.4. The Morgan fingerprint density at radius 2 is 0.450 bits per heavy atom. The molecule has 4 aromatic heterocycles. The number of thiophene rings is 1. The van der Waals surface area contributed by atoms with Crippen molar-refractivity contribution in [2.45, 2.75) is 0 Å². The Balaban J connectivity index is 0.000000110. The van der Waals surface area contributed by atoms with E-state index >= 15 is 0 Å². The molecule has 0 spiro atoms. The summed E-state index contributed by atoms with van der Waals surface area (Å²) in [5.74, 6) is 0. The number of benzene rings is 25. The maximum absolute atomic E-state index is 2.49. The number of nitrogens with zero attached hydrogens (tertiary/aromatic N) is 6. The number of hydrogen-bond donors (Lipinski definition) is 0. The van der Waals surface area contributed by atoms with Crippen LogP contribution in [0.3, 0.4) is 0 Å². The zero-order valence-corrected chi connectivity index (χ0v) is 82.3. The molecule has 0 saturated carbocycles. The summed E-state index contributed by atoms with van der Waals surface area (Å²) in [5, 5.41) is 20.1. The largest absolute Gasteiger partial charge is 0.310 e. The van der Waals surface area contributed by atoms with Crippen molar-refractivity contribution in [1.82, 2.24) is 13.7 Å². The summed E-state index contributed by atoms with van der Waals surface area (Å²) in [5.41, 5.74) is 32.9. The van der Waals surface area contributed by atoms with Gasteiger partial charge in [-0.2, -0.15) is 0 Å². The molecular formula is C142H96N6S. The van der Waals surface area contributed by atoms with Gasteiger partial charge in [0.2, 0.25) is 0 Å². The van der Waals surface area contributed by atoms with Crippen LogP contribution in [-0.2, 0) is 0 Å². The highest BCUT2D eigenvalue weighted by Gasteiger charge is 2.28. The third kappa shape index (κ3) is 16.2. The van der Waals surface area contributed by atoms with Crippen molar-refractivity contribution in [2.24, 2.45) is 0 Å². The van der Waals surface area contributed by atoms with Crippen LogP contribution in [0, 0.1) is 0 Å². The standard InChI is InChI=1S/C50H34N2.C46H30N2S.C46H32N2/c1-3-12-35(13-4-1)36-22-27-41(28-23-36)51(42-29-24-38(25-30-42)45-20-11-15-37-14-7-8-18-44(37)45)43-31-32-46-39(34-43)26-33-49-50(46)47-19-9-10-21-48(47)52(49)40-16-5-2-6-17-40;1-3-15-31(16-4-1)34-19-9-12-24-40(34)48(33-27-28-37-36-21-11-14-26-44(36)49-45(37)29-33)42-30-43-46(38-22-8-7-20-35(38)42)39-23-10-13-25-41(39)47(43)32-17-5-2-6-18-32;1-4-12-33(13-5-1)35-20-25-39(26-21-35)47(40-27-22-36(23-28-40)34-14-6-2-7-15-34)41-29-30-42-37(32-41)24-31-45-46(42)43-18-10-11-19-44(43)48(45)38-16-8-3-9-17-38/h1-34H;1-30H;1-32H. The van der Waals surface area contributed by atoms with Crippen LogP contribution in [0.5, 0.6) is 0 Å². The van der Waals surface area contributed by atoms with E-state index in [-0.39, 0.29) is 0 Å². The van der Waals surface area contributed by atoms with Crippen LogP contribution in [0.1, 0.15) is 0 Å². The van der Waals surface area contributed by atoms with E-state index in [0.29, 0.717) is 0 Å². The first kappa shape index (κ1) is 88.5. The van der Waals surface area contributed by atoms with E-state index in [9.17, 15) is 0 Å². The summed E-state index contributed by atoms with van der Waals surface area (Å²) < 4.78 is 9.79. The first-order chi connectivity index (χ1) is 73.9. The Morgan fingerprint density at radius 1 is 0.141 bits per heavy atom. The fourth-order valence-electron chi connectivity index (χ4n) is 22.7. The summed E-state index contributed by atoms with van der Waals surface area (Å²) in [6.45, 7) is 0. The first-order valence-electron chi connectivity index (χ1n) is 51.0. The number of fused-ring (bicyclic) bond motifs is 19. The van der Waals surface area contributed by atoms with Gasteiger partial charge < -0.3 is 28.4 Å². The lowest BCUT2D eigenvalue weighted by Gasteiger charge is -2.29. The van der Waals surface area contributed by atoms with E-state index in [2.05, 4.69) is 611 Å². The van der Waals surface area contributed by atoms with E-state index in [1.54, 1.807) is 0 Å². The number of hydrogen-bond acceptors (Lipinski definition) is 4. The molecule has 149 heavy (non-hydrogen) atoms. The molecule has 6 nitrogen and oxygen atoms in total. The van der Waals surface area contributed by atoms with Gasteiger partial charge >= 0.3 is 0 Å². The fraction of sp³-hybridized carbons (Fsp3) is 0. The minimum atomic E-state index is 1.11. The molecule has 0 aliphatic rings. The van der Waals surface area contributed by atoms with Crippen LogP contribution < -0.4 is 14.7 Å². The van der Waals surface area contributed by atoms with Crippen molar-refractivity contribution in [3.8, 4) is 72.7 Å². The van der Waals surface area contributed by atoms with Crippen LogP contribution in [0.4, 0.5) is 51.2 Å². The molecule has 0 unspecified atom stereocenters. The molecule has 25 aromatic carbocycles. The third-order valence-electron chi connectivity index (χ3n) is 29.5. The van der Waals surface area contributed by atoms with Gasteiger partial charge in [-0.3, -0.25) is 0 Å². The molecule has 0 radical (unpaired) electrons. The van der Waals surface area contributed by atoms with E-state index < -0.39 is 0 Å². The van der Waals surface area contributed by atoms with Gasteiger partial charge in [-0.25, -0.2) is 0 Å². The van der Waals surface area contributed by atoms with E-state index in [4.69, 9.17) is 0 Å². The topological polar surface area (TPSA) is 24.5 Å². The second-order valence-electron chi connectivity index (χ2n) is 38.1. The number of para-hydroxylation sites is 7. The highest BCUT2D eigenvalue weighted by atomic mass is 32.1. The zero-order valence-electron chi connectivity index (χ0n) is 81.5. The molecule has 29 aromatic rings. The maximum atomic E-state index is 2.49. The van der Waals surface area contributed by atoms with E-state index in [1.165, 1.54) is 196 Å². The molecule has 0 aliphatic carbocycles. The van der Waals surface area contributed by atoms with Crippen molar-refractivity contribution < 1.29 is 0 Å². The zero-order chi connectivity index (χ0) is 98.6. The van der Waals surface area contributed by atoms with Crippen molar-refractivity contribution in [3.63, 3.8) is 0 Å². The summed E-state index contributed by atoms with van der Waals surface area (Å²) in [6, 6.07) is 211. The lowest BCUT2D eigenvalue weighted by Crippen LogP contribution is -2.12. The summed E-state index contributed by atoms with van der Waals surface area (Å²) in [4.78, 5) is 7.22. The SMILES string of the molecule is c1ccc(-c2ccc(N(c3ccc(-c4cccc5ccccc45)cc3)c3ccc4c(ccc5c4c4ccccc4n5-c4ccccc4)c3)cc2)cc1.c1ccc(-c2ccc(N(c3ccc(-c4ccccc4)cc3)c3ccc4c(ccc5c4c4ccccc4n5-c4ccccc4)c3)cc2)cc1.c1ccc(-c2ccccc2N(c2ccc3c(c2)sc2ccccc23)c2cc3c(c4ccccc24)c2ccccc2n3-c2ccccc2)cc1. The normalized spacial score (nSPS) is 11.5. The molecular weight excluding hydrogens is 1820 g/mol. The monoisotopic (exact) mass is 1920 g/mol. The highest BCUT2D eigenvalue weighted by molar-refractivity contribution is 7.25. The summed E-state index contributed by atoms with van der Waals surface area (Å²) in [7, 11) is 0. The van der Waals surface area contributed by atoms with Crippen LogP contribution >= 0.6 is 11.3 Å². The van der Waals surface area contributed by atoms with Crippen LogP contribution in [0.25, 0.3) is 201 Å². The van der Waals surface area contributed by atoms with Gasteiger partial charge in [0.15, 0.2) is 0 Å². The predicted molar refractivity (Wildman–Crippen MR) is 636 cm³/mol. The molecule has 0 N–H and O–H groups in total. The van der Waals surface area contributed by atoms with E-state index in [0.717, 1.165) is 56.9 Å². The van der Waals surface area contributed by atoms with Crippen molar-refractivity contribution in [3.05, 3.63) is 582 Å². The van der Waals surface area contributed by atoms with Gasteiger partial charge in [0, 0.05) is 120 Å². The van der Waals surface area contributed by atoms with Gasteiger partial charge in [-0.15, -0.1) is 11.3 Å². The second kappa shape index (κ2) is 38.3. The van der Waals surface area contributed by atoms with Crippen molar-refractivity contribution >= 4 is 191 Å². The van der Waals surface area contributed by atoms with Gasteiger partial charge in [-0.05, 0) is 258 Å². The Kier molecular flexibility index (Phi) is 22.8. The number of aromatic nitrogens is 3. The average molecular weight is 1920 g/mol. The first-order valence-corrected chi connectivity index (χ1v) is 51.8. The smallest absolute Gasteiger partial charge is 0.0568 e. The molecule has 0 amide bonds. The highest BCUT2D eigenvalue weighted by Crippen LogP contribution is 2.52. The molecule has 0 saturated heterocycles. The van der Waals surface area contributed by atoms with Gasteiger partial charge in [-0.1, -0.05) is 413 Å². The molecule has 0 atom stereocenters. The maximum Gasteiger partial charge on any atom is 0.0568 e. The third-order valence-corrected chi connectivity index (χ3v) is 30.6. The molecule has 7 heteroatoms. The van der Waals surface area contributed by atoms with Crippen LogP contribution in [-0.4, -0.2) is 13.7 Å². The molecule has 0 bridgehead atoms. The molecule has 0 aliphatic heterocycles. The molecule has 29 rings (SSSR count). The van der Waals surface area contributed by atoms with Gasteiger partial charge in [0.1, 0.15) is 0 Å². The Bertz CT molecular complexity index is 9960. The van der Waals surface area contributed by atoms with Crippen molar-refractivity contribution in [2.75, 3.05) is 14.7 Å². The van der Waals surface area contributed by atoms with Crippen LogP contribution in [0.2, 0.25) is 0 Å².